The average Bonchev–Trinajstić information content (AvgIpc) is 1.81. The molecule has 0 aliphatic rings. The maximum atomic E-state index is 10.0. The summed E-state index contributed by atoms with van der Waals surface area (Å²) >= 11 is 0. The van der Waals surface area contributed by atoms with E-state index in [2.05, 4.69) is 4.18 Å². The summed E-state index contributed by atoms with van der Waals surface area (Å²) in [5.74, 6) is 0. The SMILES string of the molecule is O=S(=O)(O)NCCCOS(=O)(=O)O. The van der Waals surface area contributed by atoms with Gasteiger partial charge in [-0.05, 0) is 6.42 Å². The summed E-state index contributed by atoms with van der Waals surface area (Å²) in [6.07, 6.45) is -0.000417. The molecule has 0 unspecified atom stereocenters. The Labute approximate surface area is 75.7 Å². The van der Waals surface area contributed by atoms with Crippen LogP contribution in [0.15, 0.2) is 0 Å². The molecular formula is C3H9NO7S2. The van der Waals surface area contributed by atoms with Gasteiger partial charge in [-0.15, -0.1) is 0 Å². The molecule has 0 bridgehead atoms. The van der Waals surface area contributed by atoms with Gasteiger partial charge in [-0.25, -0.2) is 4.18 Å². The van der Waals surface area contributed by atoms with Gasteiger partial charge in [0, 0.05) is 6.54 Å². The van der Waals surface area contributed by atoms with Gasteiger partial charge in [0.25, 0.3) is 0 Å². The Hall–Kier alpha value is -0.260. The highest BCUT2D eigenvalue weighted by molar-refractivity contribution is 7.83. The minimum Gasteiger partial charge on any atom is -0.273 e. The summed E-state index contributed by atoms with van der Waals surface area (Å²) < 4.78 is 61.6. The molecule has 0 aromatic rings. The first-order valence-corrected chi connectivity index (χ1v) is 5.85. The lowest BCUT2D eigenvalue weighted by atomic mass is 10.5. The Morgan fingerprint density at radius 3 is 2.08 bits per heavy atom. The summed E-state index contributed by atoms with van der Waals surface area (Å²) in [7, 11) is -8.74. The lowest BCUT2D eigenvalue weighted by molar-refractivity contribution is 0.265. The maximum absolute atomic E-state index is 10.0. The summed E-state index contributed by atoms with van der Waals surface area (Å²) in [5, 5.41) is 0. The molecule has 3 N–H and O–H groups in total. The highest BCUT2D eigenvalue weighted by Crippen LogP contribution is 1.88. The topological polar surface area (TPSA) is 130 Å². The van der Waals surface area contributed by atoms with Gasteiger partial charge in [0.2, 0.25) is 0 Å². The first-order chi connectivity index (χ1) is 5.71. The lowest BCUT2D eigenvalue weighted by Crippen LogP contribution is -2.24. The zero-order valence-electron chi connectivity index (χ0n) is 6.37. The summed E-state index contributed by atoms with van der Waals surface area (Å²) in [6, 6.07) is 0. The number of rotatable bonds is 6. The molecule has 0 saturated carbocycles. The third-order valence-corrected chi connectivity index (χ3v) is 1.87. The van der Waals surface area contributed by atoms with E-state index in [1.807, 2.05) is 0 Å². The molecular weight excluding hydrogens is 226 g/mol. The minimum absolute atomic E-state index is 0.000417. The van der Waals surface area contributed by atoms with E-state index in [4.69, 9.17) is 9.11 Å². The molecule has 0 aliphatic heterocycles. The quantitative estimate of drug-likeness (QED) is 0.380. The van der Waals surface area contributed by atoms with Gasteiger partial charge in [-0.2, -0.15) is 21.6 Å². The lowest BCUT2D eigenvalue weighted by Gasteiger charge is -2.00. The Kier molecular flexibility index (Phi) is 4.74. The molecule has 0 heterocycles. The second-order valence-electron chi connectivity index (χ2n) is 1.97. The predicted molar refractivity (Wildman–Crippen MR) is 41.7 cm³/mol. The van der Waals surface area contributed by atoms with Crippen molar-refractivity contribution in [3.05, 3.63) is 0 Å². The monoisotopic (exact) mass is 235 g/mol. The van der Waals surface area contributed by atoms with E-state index in [1.165, 1.54) is 0 Å². The van der Waals surface area contributed by atoms with Crippen LogP contribution in [-0.4, -0.2) is 39.1 Å². The molecule has 10 heteroatoms. The van der Waals surface area contributed by atoms with Crippen molar-refractivity contribution in [3.8, 4) is 0 Å². The molecule has 0 aliphatic carbocycles. The van der Waals surface area contributed by atoms with Crippen molar-refractivity contribution < 1.29 is 30.1 Å². The van der Waals surface area contributed by atoms with Gasteiger partial charge in [0.05, 0.1) is 6.61 Å². The third-order valence-electron chi connectivity index (χ3n) is 0.838. The fourth-order valence-electron chi connectivity index (χ4n) is 0.438. The molecule has 0 rings (SSSR count). The summed E-state index contributed by atoms with van der Waals surface area (Å²) in [6.45, 7) is -0.560. The van der Waals surface area contributed by atoms with Gasteiger partial charge in [-0.1, -0.05) is 0 Å². The molecule has 0 radical (unpaired) electrons. The second-order valence-corrected chi connectivity index (χ2v) is 4.30. The van der Waals surface area contributed by atoms with Crippen molar-refractivity contribution in [1.82, 2.24) is 4.72 Å². The van der Waals surface area contributed by atoms with E-state index in [9.17, 15) is 16.8 Å². The molecule has 0 amide bonds. The van der Waals surface area contributed by atoms with E-state index < -0.39 is 20.7 Å². The average molecular weight is 235 g/mol. The van der Waals surface area contributed by atoms with Crippen LogP contribution in [-0.2, 0) is 24.9 Å². The van der Waals surface area contributed by atoms with E-state index in [-0.39, 0.29) is 19.6 Å². The zero-order chi connectivity index (χ0) is 10.5. The molecule has 13 heavy (non-hydrogen) atoms. The first kappa shape index (κ1) is 12.7. The molecule has 0 fully saturated rings. The number of nitrogens with one attached hydrogen (secondary N) is 1. The smallest absolute Gasteiger partial charge is 0.273 e. The Balaban J connectivity index is 3.50. The standard InChI is InChI=1S/C3H9NO7S2/c5-12(6,7)4-2-1-3-11-13(8,9)10/h4H,1-3H2,(H,5,6,7)(H,8,9,10). The predicted octanol–water partition coefficient (Wildman–Crippen LogP) is -1.41. The number of hydrogen-bond acceptors (Lipinski definition) is 5. The highest BCUT2D eigenvalue weighted by Gasteiger charge is 2.05. The van der Waals surface area contributed by atoms with Crippen molar-refractivity contribution in [2.75, 3.05) is 13.2 Å². The summed E-state index contributed by atoms with van der Waals surface area (Å²) in [4.78, 5) is 0. The van der Waals surface area contributed by atoms with Crippen molar-refractivity contribution in [1.29, 1.82) is 0 Å². The molecule has 80 valence electrons. The molecule has 8 nitrogen and oxygen atoms in total. The van der Waals surface area contributed by atoms with Gasteiger partial charge >= 0.3 is 20.7 Å². The van der Waals surface area contributed by atoms with Gasteiger partial charge in [0.1, 0.15) is 0 Å². The van der Waals surface area contributed by atoms with Crippen LogP contribution in [0.4, 0.5) is 0 Å². The Morgan fingerprint density at radius 1 is 1.15 bits per heavy atom. The zero-order valence-corrected chi connectivity index (χ0v) is 8.01. The van der Waals surface area contributed by atoms with Crippen molar-refractivity contribution in [2.24, 2.45) is 0 Å². The van der Waals surface area contributed by atoms with E-state index >= 15 is 0 Å². The second kappa shape index (κ2) is 4.83. The Bertz CT molecular complexity index is 295. The van der Waals surface area contributed by atoms with Crippen molar-refractivity contribution in [3.63, 3.8) is 0 Å². The largest absolute Gasteiger partial charge is 0.397 e. The van der Waals surface area contributed by atoms with Crippen LogP contribution in [0.1, 0.15) is 6.42 Å². The molecule has 0 spiro atoms. The van der Waals surface area contributed by atoms with Crippen LogP contribution in [0.2, 0.25) is 0 Å². The first-order valence-electron chi connectivity index (χ1n) is 3.04. The highest BCUT2D eigenvalue weighted by atomic mass is 32.3. The van der Waals surface area contributed by atoms with Crippen molar-refractivity contribution >= 4 is 20.7 Å². The fraction of sp³-hybridized carbons (Fsp3) is 1.00. The molecule has 0 aromatic heterocycles. The van der Waals surface area contributed by atoms with Crippen LogP contribution < -0.4 is 4.72 Å². The molecule has 0 aromatic carbocycles. The van der Waals surface area contributed by atoms with Crippen LogP contribution >= 0.6 is 0 Å². The molecule has 0 saturated heterocycles. The van der Waals surface area contributed by atoms with Gasteiger partial charge in [-0.3, -0.25) is 9.11 Å². The van der Waals surface area contributed by atoms with Crippen molar-refractivity contribution in [2.45, 2.75) is 6.42 Å². The van der Waals surface area contributed by atoms with Crippen LogP contribution in [0.3, 0.4) is 0 Å². The Morgan fingerprint density at radius 2 is 1.69 bits per heavy atom. The van der Waals surface area contributed by atoms with E-state index in [0.29, 0.717) is 0 Å². The minimum atomic E-state index is -4.48. The van der Waals surface area contributed by atoms with Crippen LogP contribution in [0.25, 0.3) is 0 Å². The number of hydrogen-bond donors (Lipinski definition) is 3. The van der Waals surface area contributed by atoms with E-state index in [1.54, 1.807) is 4.72 Å². The van der Waals surface area contributed by atoms with Gasteiger partial charge < -0.3 is 0 Å². The van der Waals surface area contributed by atoms with Crippen LogP contribution in [0, 0.1) is 0 Å². The molecule has 0 atom stereocenters. The van der Waals surface area contributed by atoms with E-state index in [0.717, 1.165) is 0 Å². The summed E-state index contributed by atoms with van der Waals surface area (Å²) in [5.41, 5.74) is 0. The van der Waals surface area contributed by atoms with Gasteiger partial charge in [0.15, 0.2) is 0 Å². The normalized spacial score (nSPS) is 13.1. The fourth-order valence-corrected chi connectivity index (χ4v) is 1.17. The van der Waals surface area contributed by atoms with Crippen LogP contribution in [0.5, 0.6) is 0 Å². The maximum Gasteiger partial charge on any atom is 0.397 e. The third kappa shape index (κ3) is 11.7.